The number of nitrogens with two attached hydrogens (primary N) is 1. The number of halogens is 2. The zero-order valence-electron chi connectivity index (χ0n) is 7.07. The van der Waals surface area contributed by atoms with Crippen molar-refractivity contribution in [3.05, 3.63) is 33.5 Å². The van der Waals surface area contributed by atoms with Crippen LogP contribution in [0.4, 0.5) is 4.39 Å². The van der Waals surface area contributed by atoms with E-state index in [-0.39, 0.29) is 11.9 Å². The van der Waals surface area contributed by atoms with Gasteiger partial charge in [-0.2, -0.15) is 0 Å². The summed E-state index contributed by atoms with van der Waals surface area (Å²) in [7, 11) is 0. The van der Waals surface area contributed by atoms with Gasteiger partial charge in [0.1, 0.15) is 5.82 Å². The first-order valence-corrected chi connectivity index (χ1v) is 4.53. The molecule has 0 unspecified atom stereocenters. The lowest BCUT2D eigenvalue weighted by Crippen LogP contribution is -2.08. The Labute approximate surface area is 79.9 Å². The number of rotatable bonds is 1. The van der Waals surface area contributed by atoms with Crippen LogP contribution in [0.25, 0.3) is 0 Å². The highest BCUT2D eigenvalue weighted by molar-refractivity contribution is 9.10. The molecule has 0 aliphatic carbocycles. The zero-order valence-corrected chi connectivity index (χ0v) is 8.65. The van der Waals surface area contributed by atoms with Gasteiger partial charge in [-0.25, -0.2) is 4.39 Å². The van der Waals surface area contributed by atoms with E-state index in [0.717, 1.165) is 5.56 Å². The van der Waals surface area contributed by atoms with Gasteiger partial charge in [-0.1, -0.05) is 6.07 Å². The molecule has 0 bridgehead atoms. The smallest absolute Gasteiger partial charge is 0.140 e. The van der Waals surface area contributed by atoms with Crippen molar-refractivity contribution in [2.75, 3.05) is 0 Å². The van der Waals surface area contributed by atoms with Crippen LogP contribution in [-0.2, 0) is 0 Å². The van der Waals surface area contributed by atoms with Crippen molar-refractivity contribution in [1.82, 2.24) is 0 Å². The van der Waals surface area contributed by atoms with E-state index in [1.165, 1.54) is 0 Å². The Kier molecular flexibility index (Phi) is 2.85. The summed E-state index contributed by atoms with van der Waals surface area (Å²) in [6.07, 6.45) is 0. The molecule has 0 radical (unpaired) electrons. The Morgan fingerprint density at radius 1 is 1.50 bits per heavy atom. The molecular formula is C9H11BrFN. The van der Waals surface area contributed by atoms with Gasteiger partial charge in [-0.3, -0.25) is 0 Å². The zero-order chi connectivity index (χ0) is 9.30. The molecule has 0 saturated heterocycles. The highest BCUT2D eigenvalue weighted by Crippen LogP contribution is 2.24. The molecule has 0 saturated carbocycles. The SMILES string of the molecule is Cc1c([C@@H](C)N)ccc(Br)c1F. The van der Waals surface area contributed by atoms with Crippen molar-refractivity contribution in [2.45, 2.75) is 19.9 Å². The van der Waals surface area contributed by atoms with Crippen molar-refractivity contribution < 1.29 is 4.39 Å². The van der Waals surface area contributed by atoms with Gasteiger partial charge < -0.3 is 5.73 Å². The molecule has 0 aliphatic heterocycles. The number of benzene rings is 1. The Hall–Kier alpha value is -0.410. The topological polar surface area (TPSA) is 26.0 Å². The molecule has 1 atom stereocenters. The average Bonchev–Trinajstić information content (AvgIpc) is 2.00. The van der Waals surface area contributed by atoms with E-state index >= 15 is 0 Å². The maximum absolute atomic E-state index is 13.2. The molecule has 0 fully saturated rings. The standard InChI is InChI=1S/C9H11BrFN/c1-5-7(6(2)12)3-4-8(10)9(5)11/h3-4,6H,12H2,1-2H3/t6-/m1/s1. The van der Waals surface area contributed by atoms with Crippen LogP contribution in [0.3, 0.4) is 0 Å². The predicted octanol–water partition coefficient (Wildman–Crippen LogP) is 2.92. The van der Waals surface area contributed by atoms with E-state index in [1.54, 1.807) is 13.0 Å². The Balaban J connectivity index is 3.27. The fourth-order valence-electron chi connectivity index (χ4n) is 1.16. The minimum absolute atomic E-state index is 0.118. The molecule has 1 rings (SSSR count). The molecule has 0 amide bonds. The Bertz CT molecular complexity index is 297. The molecule has 0 spiro atoms. The Morgan fingerprint density at radius 2 is 2.08 bits per heavy atom. The lowest BCUT2D eigenvalue weighted by atomic mass is 10.0. The van der Waals surface area contributed by atoms with E-state index in [0.29, 0.717) is 10.0 Å². The van der Waals surface area contributed by atoms with E-state index in [9.17, 15) is 4.39 Å². The van der Waals surface area contributed by atoms with Crippen LogP contribution in [0.2, 0.25) is 0 Å². The summed E-state index contributed by atoms with van der Waals surface area (Å²) in [6, 6.07) is 3.40. The summed E-state index contributed by atoms with van der Waals surface area (Å²) in [4.78, 5) is 0. The van der Waals surface area contributed by atoms with E-state index in [4.69, 9.17) is 5.73 Å². The summed E-state index contributed by atoms with van der Waals surface area (Å²) in [5.41, 5.74) is 7.13. The van der Waals surface area contributed by atoms with Crippen LogP contribution in [0.5, 0.6) is 0 Å². The van der Waals surface area contributed by atoms with Gasteiger partial charge in [0, 0.05) is 6.04 Å². The molecule has 0 aliphatic rings. The first kappa shape index (κ1) is 9.68. The minimum Gasteiger partial charge on any atom is -0.324 e. The van der Waals surface area contributed by atoms with Crippen molar-refractivity contribution in [2.24, 2.45) is 5.73 Å². The van der Waals surface area contributed by atoms with Gasteiger partial charge in [0.15, 0.2) is 0 Å². The summed E-state index contributed by atoms with van der Waals surface area (Å²) in [6.45, 7) is 3.58. The predicted molar refractivity (Wildman–Crippen MR) is 51.4 cm³/mol. The first-order chi connectivity index (χ1) is 5.54. The van der Waals surface area contributed by atoms with Crippen molar-refractivity contribution in [3.8, 4) is 0 Å². The second-order valence-electron chi connectivity index (χ2n) is 2.86. The lowest BCUT2D eigenvalue weighted by molar-refractivity contribution is 0.605. The van der Waals surface area contributed by atoms with E-state index in [1.807, 2.05) is 13.0 Å². The van der Waals surface area contributed by atoms with Gasteiger partial charge in [0.25, 0.3) is 0 Å². The molecule has 1 aromatic rings. The maximum atomic E-state index is 13.2. The highest BCUT2D eigenvalue weighted by atomic mass is 79.9. The molecule has 3 heteroatoms. The lowest BCUT2D eigenvalue weighted by Gasteiger charge is -2.10. The van der Waals surface area contributed by atoms with Gasteiger partial charge in [0.2, 0.25) is 0 Å². The molecule has 0 aromatic heterocycles. The molecule has 1 aromatic carbocycles. The summed E-state index contributed by atoms with van der Waals surface area (Å²) >= 11 is 3.11. The monoisotopic (exact) mass is 231 g/mol. The first-order valence-electron chi connectivity index (χ1n) is 3.74. The summed E-state index contributed by atoms with van der Waals surface area (Å²) in [5.74, 6) is -0.218. The van der Waals surface area contributed by atoms with Gasteiger partial charge in [0.05, 0.1) is 4.47 Å². The van der Waals surface area contributed by atoms with Gasteiger partial charge in [-0.05, 0) is 47.0 Å². The fraction of sp³-hybridized carbons (Fsp3) is 0.333. The van der Waals surface area contributed by atoms with E-state index in [2.05, 4.69) is 15.9 Å². The van der Waals surface area contributed by atoms with Crippen LogP contribution in [0.1, 0.15) is 24.1 Å². The third kappa shape index (κ3) is 1.67. The fourth-order valence-corrected chi connectivity index (χ4v) is 1.59. The third-order valence-corrected chi connectivity index (χ3v) is 2.48. The number of hydrogen-bond donors (Lipinski definition) is 1. The molecule has 12 heavy (non-hydrogen) atoms. The highest BCUT2D eigenvalue weighted by Gasteiger charge is 2.09. The molecular weight excluding hydrogens is 221 g/mol. The average molecular weight is 232 g/mol. The molecule has 0 heterocycles. The minimum atomic E-state index is -0.218. The second-order valence-corrected chi connectivity index (χ2v) is 3.72. The van der Waals surface area contributed by atoms with Crippen LogP contribution in [0.15, 0.2) is 16.6 Å². The van der Waals surface area contributed by atoms with Crippen molar-refractivity contribution in [3.63, 3.8) is 0 Å². The largest absolute Gasteiger partial charge is 0.324 e. The van der Waals surface area contributed by atoms with Gasteiger partial charge >= 0.3 is 0 Å². The Morgan fingerprint density at radius 3 is 2.58 bits per heavy atom. The molecule has 1 nitrogen and oxygen atoms in total. The van der Waals surface area contributed by atoms with E-state index < -0.39 is 0 Å². The summed E-state index contributed by atoms with van der Waals surface area (Å²) in [5, 5.41) is 0. The van der Waals surface area contributed by atoms with Crippen LogP contribution in [-0.4, -0.2) is 0 Å². The van der Waals surface area contributed by atoms with Gasteiger partial charge in [-0.15, -0.1) is 0 Å². The van der Waals surface area contributed by atoms with Crippen LogP contribution in [0, 0.1) is 12.7 Å². The molecule has 2 N–H and O–H groups in total. The third-order valence-electron chi connectivity index (χ3n) is 1.87. The normalized spacial score (nSPS) is 13.1. The van der Waals surface area contributed by atoms with Crippen LogP contribution < -0.4 is 5.73 Å². The summed E-state index contributed by atoms with van der Waals surface area (Å²) < 4.78 is 13.7. The number of hydrogen-bond acceptors (Lipinski definition) is 1. The van der Waals surface area contributed by atoms with Crippen molar-refractivity contribution >= 4 is 15.9 Å². The second kappa shape index (κ2) is 3.54. The quantitative estimate of drug-likeness (QED) is 0.791. The maximum Gasteiger partial charge on any atom is 0.140 e. The van der Waals surface area contributed by atoms with Crippen LogP contribution >= 0.6 is 15.9 Å². The molecule has 66 valence electrons. The van der Waals surface area contributed by atoms with Crippen molar-refractivity contribution in [1.29, 1.82) is 0 Å².